The van der Waals surface area contributed by atoms with Crippen LogP contribution in [0.25, 0.3) is 0 Å². The maximum Gasteiger partial charge on any atom is 0.416 e. The zero-order valence-electron chi connectivity index (χ0n) is 9.89. The van der Waals surface area contributed by atoms with Gasteiger partial charge in [0.15, 0.2) is 5.82 Å². The topological polar surface area (TPSA) is 40.7 Å². The third-order valence-electron chi connectivity index (χ3n) is 2.73. The predicted molar refractivity (Wildman–Crippen MR) is 62.8 cm³/mol. The van der Waals surface area contributed by atoms with Crippen LogP contribution in [-0.2, 0) is 6.18 Å². The molecule has 0 aliphatic rings. The molecule has 0 unspecified atom stereocenters. The zero-order chi connectivity index (χ0) is 13.3. The molecular formula is C12H12F3N3. The lowest BCUT2D eigenvalue weighted by Gasteiger charge is -2.08. The number of aromatic nitrogens is 2. The van der Waals surface area contributed by atoms with E-state index in [1.54, 1.807) is 0 Å². The molecule has 1 aromatic heterocycles. The van der Waals surface area contributed by atoms with Crippen LogP contribution in [0.2, 0.25) is 0 Å². The van der Waals surface area contributed by atoms with E-state index in [0.29, 0.717) is 11.5 Å². The number of anilines is 2. The van der Waals surface area contributed by atoms with Gasteiger partial charge >= 0.3 is 6.18 Å². The Bertz CT molecular complexity index is 541. The van der Waals surface area contributed by atoms with Crippen LogP contribution < -0.4 is 5.32 Å². The first-order valence-electron chi connectivity index (χ1n) is 5.34. The van der Waals surface area contributed by atoms with Crippen LogP contribution >= 0.6 is 0 Å². The van der Waals surface area contributed by atoms with E-state index >= 15 is 0 Å². The van der Waals surface area contributed by atoms with Crippen molar-refractivity contribution in [1.29, 1.82) is 0 Å². The average molecular weight is 255 g/mol. The van der Waals surface area contributed by atoms with E-state index in [0.717, 1.165) is 23.4 Å². The molecule has 2 aromatic rings. The molecule has 1 aromatic carbocycles. The minimum Gasteiger partial charge on any atom is -0.339 e. The SMILES string of the molecule is Cc1[nH]nc(Nc2ccc(C(F)(F)F)cc2)c1C. The van der Waals surface area contributed by atoms with Gasteiger partial charge in [0.1, 0.15) is 0 Å². The Hall–Kier alpha value is -1.98. The fourth-order valence-electron chi connectivity index (χ4n) is 1.49. The highest BCUT2D eigenvalue weighted by Crippen LogP contribution is 2.30. The molecule has 0 saturated heterocycles. The van der Waals surface area contributed by atoms with Crippen molar-refractivity contribution < 1.29 is 13.2 Å². The van der Waals surface area contributed by atoms with E-state index in [2.05, 4.69) is 15.5 Å². The van der Waals surface area contributed by atoms with Crippen LogP contribution in [0.3, 0.4) is 0 Å². The molecular weight excluding hydrogens is 243 g/mol. The number of halogens is 3. The van der Waals surface area contributed by atoms with Gasteiger partial charge in [-0.25, -0.2) is 0 Å². The van der Waals surface area contributed by atoms with Gasteiger partial charge in [-0.2, -0.15) is 18.3 Å². The molecule has 96 valence electrons. The van der Waals surface area contributed by atoms with Crippen LogP contribution in [0.15, 0.2) is 24.3 Å². The number of benzene rings is 1. The molecule has 2 N–H and O–H groups in total. The highest BCUT2D eigenvalue weighted by atomic mass is 19.4. The van der Waals surface area contributed by atoms with Crippen LogP contribution in [-0.4, -0.2) is 10.2 Å². The van der Waals surface area contributed by atoms with Gasteiger partial charge in [0.25, 0.3) is 0 Å². The highest BCUT2D eigenvalue weighted by Gasteiger charge is 2.29. The molecule has 0 saturated carbocycles. The summed E-state index contributed by atoms with van der Waals surface area (Å²) >= 11 is 0. The summed E-state index contributed by atoms with van der Waals surface area (Å²) in [6, 6.07) is 4.84. The molecule has 0 amide bonds. The van der Waals surface area contributed by atoms with Gasteiger partial charge in [-0.3, -0.25) is 5.10 Å². The monoisotopic (exact) mass is 255 g/mol. The Morgan fingerprint density at radius 2 is 1.72 bits per heavy atom. The standard InChI is InChI=1S/C12H12F3N3/c1-7-8(2)17-18-11(7)16-10-5-3-9(4-6-10)12(13,14)15/h3-6H,1-2H3,(H2,16,17,18). The summed E-state index contributed by atoms with van der Waals surface area (Å²) in [6.45, 7) is 3.76. The van der Waals surface area contributed by atoms with Gasteiger partial charge in [-0.05, 0) is 38.1 Å². The van der Waals surface area contributed by atoms with Crippen molar-refractivity contribution >= 4 is 11.5 Å². The molecule has 1 heterocycles. The molecule has 0 spiro atoms. The molecule has 6 heteroatoms. The van der Waals surface area contributed by atoms with E-state index in [1.807, 2.05) is 13.8 Å². The molecule has 0 fully saturated rings. The molecule has 0 aliphatic heterocycles. The van der Waals surface area contributed by atoms with Crippen molar-refractivity contribution in [2.75, 3.05) is 5.32 Å². The van der Waals surface area contributed by atoms with Crippen LogP contribution in [0.5, 0.6) is 0 Å². The summed E-state index contributed by atoms with van der Waals surface area (Å²) < 4.78 is 37.1. The molecule has 2 rings (SSSR count). The lowest BCUT2D eigenvalue weighted by Crippen LogP contribution is -2.04. The largest absolute Gasteiger partial charge is 0.416 e. The number of aryl methyl sites for hydroxylation is 1. The van der Waals surface area contributed by atoms with E-state index in [1.165, 1.54) is 12.1 Å². The number of hydrogen-bond donors (Lipinski definition) is 2. The van der Waals surface area contributed by atoms with Gasteiger partial charge in [0, 0.05) is 16.9 Å². The summed E-state index contributed by atoms with van der Waals surface area (Å²) in [5.41, 5.74) is 1.76. The third kappa shape index (κ3) is 2.47. The van der Waals surface area contributed by atoms with Crippen LogP contribution in [0.1, 0.15) is 16.8 Å². The Labute approximate surface area is 102 Å². The maximum absolute atomic E-state index is 12.4. The van der Waals surface area contributed by atoms with Crippen molar-refractivity contribution in [2.24, 2.45) is 0 Å². The number of nitrogens with zero attached hydrogens (tertiary/aromatic N) is 1. The predicted octanol–water partition coefficient (Wildman–Crippen LogP) is 3.79. The second-order valence-corrected chi connectivity index (χ2v) is 4.02. The van der Waals surface area contributed by atoms with Crippen molar-refractivity contribution in [1.82, 2.24) is 10.2 Å². The molecule has 0 bridgehead atoms. The number of H-pyrrole nitrogens is 1. The number of hydrogen-bond acceptors (Lipinski definition) is 2. The Balaban J connectivity index is 2.19. The Morgan fingerprint density at radius 3 is 2.17 bits per heavy atom. The fraction of sp³-hybridized carbons (Fsp3) is 0.250. The average Bonchev–Trinajstić information content (AvgIpc) is 2.61. The van der Waals surface area contributed by atoms with Crippen LogP contribution in [0, 0.1) is 13.8 Å². The van der Waals surface area contributed by atoms with Crippen molar-refractivity contribution in [3.63, 3.8) is 0 Å². The molecule has 0 radical (unpaired) electrons. The normalized spacial score (nSPS) is 11.6. The van der Waals surface area contributed by atoms with Gasteiger partial charge in [0.05, 0.1) is 5.56 Å². The second kappa shape index (κ2) is 4.36. The summed E-state index contributed by atoms with van der Waals surface area (Å²) in [5, 5.41) is 9.79. The minimum absolute atomic E-state index is 0.567. The second-order valence-electron chi connectivity index (χ2n) is 4.02. The van der Waals surface area contributed by atoms with Crippen LogP contribution in [0.4, 0.5) is 24.7 Å². The Kier molecular flexibility index (Phi) is 3.02. The van der Waals surface area contributed by atoms with Gasteiger partial charge in [-0.15, -0.1) is 0 Å². The van der Waals surface area contributed by atoms with E-state index < -0.39 is 11.7 Å². The number of alkyl halides is 3. The third-order valence-corrected chi connectivity index (χ3v) is 2.73. The number of rotatable bonds is 2. The summed E-state index contributed by atoms with van der Waals surface area (Å²) in [7, 11) is 0. The van der Waals surface area contributed by atoms with E-state index in [4.69, 9.17) is 0 Å². The Morgan fingerprint density at radius 1 is 1.11 bits per heavy atom. The molecule has 3 nitrogen and oxygen atoms in total. The highest BCUT2D eigenvalue weighted by molar-refractivity contribution is 5.60. The summed E-state index contributed by atoms with van der Waals surface area (Å²) in [4.78, 5) is 0. The first-order chi connectivity index (χ1) is 8.38. The van der Waals surface area contributed by atoms with E-state index in [9.17, 15) is 13.2 Å². The van der Waals surface area contributed by atoms with E-state index in [-0.39, 0.29) is 0 Å². The summed E-state index contributed by atoms with van der Waals surface area (Å²) in [5.74, 6) is 0.618. The summed E-state index contributed by atoms with van der Waals surface area (Å²) in [6.07, 6.45) is -4.31. The van der Waals surface area contributed by atoms with Crippen molar-refractivity contribution in [2.45, 2.75) is 20.0 Å². The quantitative estimate of drug-likeness (QED) is 0.857. The minimum atomic E-state index is -4.31. The lowest BCUT2D eigenvalue weighted by molar-refractivity contribution is -0.137. The number of nitrogens with one attached hydrogen (secondary N) is 2. The first-order valence-corrected chi connectivity index (χ1v) is 5.34. The smallest absolute Gasteiger partial charge is 0.339 e. The number of aromatic amines is 1. The molecule has 0 atom stereocenters. The molecule has 0 aliphatic carbocycles. The van der Waals surface area contributed by atoms with Crippen molar-refractivity contribution in [3.05, 3.63) is 41.1 Å². The lowest BCUT2D eigenvalue weighted by atomic mass is 10.2. The van der Waals surface area contributed by atoms with Gasteiger partial charge < -0.3 is 5.32 Å². The zero-order valence-corrected chi connectivity index (χ0v) is 9.89. The van der Waals surface area contributed by atoms with Gasteiger partial charge in [-0.1, -0.05) is 0 Å². The maximum atomic E-state index is 12.4. The molecule has 18 heavy (non-hydrogen) atoms. The fourth-order valence-corrected chi connectivity index (χ4v) is 1.49. The van der Waals surface area contributed by atoms with Gasteiger partial charge in [0.2, 0.25) is 0 Å². The first kappa shape index (κ1) is 12.5. The van der Waals surface area contributed by atoms with Crippen molar-refractivity contribution in [3.8, 4) is 0 Å².